The van der Waals surface area contributed by atoms with E-state index >= 15 is 0 Å². The first-order valence-electron chi connectivity index (χ1n) is 4.58. The lowest BCUT2D eigenvalue weighted by Gasteiger charge is -2.09. The fraction of sp³-hybridized carbons (Fsp3) is 0.455. The normalized spacial score (nSPS) is 18.7. The highest BCUT2D eigenvalue weighted by Crippen LogP contribution is 2.46. The summed E-state index contributed by atoms with van der Waals surface area (Å²) in [6.45, 7) is 1.81. The topological polar surface area (TPSA) is 0 Å². The smallest absolute Gasteiger partial charge is 0.126 e. The van der Waals surface area contributed by atoms with E-state index in [-0.39, 0.29) is 5.82 Å². The van der Waals surface area contributed by atoms with Crippen LogP contribution in [0.3, 0.4) is 0 Å². The number of alkyl halides is 1. The molecule has 13 heavy (non-hydrogen) atoms. The van der Waals surface area contributed by atoms with E-state index in [4.69, 9.17) is 0 Å². The van der Waals surface area contributed by atoms with Crippen LogP contribution in [-0.4, -0.2) is 0 Å². The van der Waals surface area contributed by atoms with Crippen molar-refractivity contribution in [2.75, 3.05) is 0 Å². The summed E-state index contributed by atoms with van der Waals surface area (Å²) >= 11 is 3.65. The molecule has 2 heteroatoms. The first kappa shape index (κ1) is 9.20. The van der Waals surface area contributed by atoms with Gasteiger partial charge in [0.2, 0.25) is 0 Å². The van der Waals surface area contributed by atoms with Crippen molar-refractivity contribution in [3.63, 3.8) is 0 Å². The summed E-state index contributed by atoms with van der Waals surface area (Å²) in [4.78, 5) is 0.423. The van der Waals surface area contributed by atoms with E-state index in [2.05, 4.69) is 15.9 Å². The zero-order valence-electron chi connectivity index (χ0n) is 7.56. The first-order valence-corrected chi connectivity index (χ1v) is 5.50. The Labute approximate surface area is 86.3 Å². The van der Waals surface area contributed by atoms with Gasteiger partial charge in [-0.15, -0.1) is 0 Å². The van der Waals surface area contributed by atoms with Gasteiger partial charge in [0, 0.05) is 4.83 Å². The van der Waals surface area contributed by atoms with Gasteiger partial charge in [-0.05, 0) is 42.9 Å². The van der Waals surface area contributed by atoms with Gasteiger partial charge >= 0.3 is 0 Å². The van der Waals surface area contributed by atoms with E-state index in [0.29, 0.717) is 4.83 Å². The van der Waals surface area contributed by atoms with E-state index in [1.54, 1.807) is 6.07 Å². The van der Waals surface area contributed by atoms with E-state index < -0.39 is 0 Å². The van der Waals surface area contributed by atoms with Crippen LogP contribution < -0.4 is 0 Å². The van der Waals surface area contributed by atoms with Gasteiger partial charge in [0.15, 0.2) is 0 Å². The van der Waals surface area contributed by atoms with Crippen LogP contribution in [0.2, 0.25) is 0 Å². The molecule has 0 bridgehead atoms. The maximum atomic E-state index is 13.0. The van der Waals surface area contributed by atoms with Crippen molar-refractivity contribution in [1.82, 2.24) is 0 Å². The maximum Gasteiger partial charge on any atom is 0.126 e. The Morgan fingerprint density at radius 3 is 2.69 bits per heavy atom. The van der Waals surface area contributed by atoms with E-state index in [1.165, 1.54) is 18.4 Å². The second kappa shape index (κ2) is 3.41. The van der Waals surface area contributed by atoms with Crippen LogP contribution >= 0.6 is 15.9 Å². The molecule has 0 radical (unpaired) electrons. The van der Waals surface area contributed by atoms with Gasteiger partial charge in [-0.2, -0.15) is 0 Å². The maximum absolute atomic E-state index is 13.0. The fourth-order valence-corrected chi connectivity index (χ4v) is 2.31. The molecule has 0 aromatic heterocycles. The summed E-state index contributed by atoms with van der Waals surface area (Å²) in [7, 11) is 0. The van der Waals surface area contributed by atoms with Crippen LogP contribution in [0.1, 0.15) is 28.8 Å². The molecule has 0 saturated heterocycles. The molecule has 0 heterocycles. The number of halogens is 2. The van der Waals surface area contributed by atoms with Crippen LogP contribution in [-0.2, 0) is 0 Å². The van der Waals surface area contributed by atoms with Gasteiger partial charge < -0.3 is 0 Å². The average molecular weight is 243 g/mol. The largest absolute Gasteiger partial charge is 0.207 e. The van der Waals surface area contributed by atoms with Crippen molar-refractivity contribution in [2.24, 2.45) is 5.92 Å². The van der Waals surface area contributed by atoms with E-state index in [1.807, 2.05) is 19.1 Å². The predicted molar refractivity (Wildman–Crippen MR) is 55.5 cm³/mol. The highest BCUT2D eigenvalue weighted by molar-refractivity contribution is 9.09. The fourth-order valence-electron chi connectivity index (χ4n) is 1.50. The number of benzene rings is 1. The van der Waals surface area contributed by atoms with Crippen LogP contribution in [0.15, 0.2) is 18.2 Å². The van der Waals surface area contributed by atoms with E-state index in [9.17, 15) is 4.39 Å². The quantitative estimate of drug-likeness (QED) is 0.689. The number of rotatable bonds is 2. The predicted octanol–water partition coefficient (Wildman–Crippen LogP) is 3.98. The van der Waals surface area contributed by atoms with Crippen molar-refractivity contribution in [1.29, 1.82) is 0 Å². The van der Waals surface area contributed by atoms with Gasteiger partial charge in [0.05, 0.1) is 0 Å². The van der Waals surface area contributed by atoms with Crippen molar-refractivity contribution in [3.8, 4) is 0 Å². The molecule has 1 aromatic rings. The molecule has 70 valence electrons. The molecule has 1 atom stereocenters. The third kappa shape index (κ3) is 1.93. The second-order valence-electron chi connectivity index (χ2n) is 3.75. The summed E-state index contributed by atoms with van der Waals surface area (Å²) < 4.78 is 13.0. The molecule has 1 fully saturated rings. The third-order valence-corrected chi connectivity index (χ3v) is 3.81. The minimum atomic E-state index is -0.112. The SMILES string of the molecule is Cc1cc(C(Br)C2CC2)ccc1F. The third-order valence-electron chi connectivity index (χ3n) is 2.54. The molecule has 1 aliphatic carbocycles. The Bertz CT molecular complexity index is 318. The number of hydrogen-bond donors (Lipinski definition) is 0. The van der Waals surface area contributed by atoms with Gasteiger partial charge in [-0.25, -0.2) is 4.39 Å². The van der Waals surface area contributed by atoms with Crippen LogP contribution in [0.4, 0.5) is 4.39 Å². The molecule has 0 N–H and O–H groups in total. The van der Waals surface area contributed by atoms with E-state index in [0.717, 1.165) is 11.5 Å². The molecular weight excluding hydrogens is 231 g/mol. The molecule has 1 saturated carbocycles. The second-order valence-corrected chi connectivity index (χ2v) is 4.73. The molecule has 2 rings (SSSR count). The Morgan fingerprint density at radius 1 is 1.46 bits per heavy atom. The van der Waals surface area contributed by atoms with Gasteiger partial charge in [-0.1, -0.05) is 28.1 Å². The summed E-state index contributed by atoms with van der Waals surface area (Å²) in [5, 5.41) is 0. The standard InChI is InChI=1S/C11H12BrF/c1-7-6-9(4-5-10(7)13)11(12)8-2-3-8/h4-6,8,11H,2-3H2,1H3. The van der Waals surface area contributed by atoms with Crippen molar-refractivity contribution in [2.45, 2.75) is 24.6 Å². The highest BCUT2D eigenvalue weighted by Gasteiger charge is 2.30. The van der Waals surface area contributed by atoms with Gasteiger partial charge in [0.1, 0.15) is 5.82 Å². The molecule has 0 aliphatic heterocycles. The Hall–Kier alpha value is -0.370. The summed E-state index contributed by atoms with van der Waals surface area (Å²) in [6, 6.07) is 5.37. The Kier molecular flexibility index (Phi) is 2.41. The zero-order chi connectivity index (χ0) is 9.42. The first-order chi connectivity index (χ1) is 6.18. The molecule has 0 amide bonds. The Balaban J connectivity index is 2.24. The van der Waals surface area contributed by atoms with Gasteiger partial charge in [-0.3, -0.25) is 0 Å². The zero-order valence-corrected chi connectivity index (χ0v) is 9.14. The lowest BCUT2D eigenvalue weighted by Crippen LogP contribution is -1.93. The summed E-state index contributed by atoms with van der Waals surface area (Å²) in [5.74, 6) is 0.657. The average Bonchev–Trinajstić information content (AvgIpc) is 2.91. The van der Waals surface area contributed by atoms with Gasteiger partial charge in [0.25, 0.3) is 0 Å². The van der Waals surface area contributed by atoms with Crippen molar-refractivity contribution < 1.29 is 4.39 Å². The lowest BCUT2D eigenvalue weighted by atomic mass is 10.1. The molecule has 0 nitrogen and oxygen atoms in total. The summed E-state index contributed by atoms with van der Waals surface area (Å²) in [6.07, 6.45) is 2.60. The molecular formula is C11H12BrF. The monoisotopic (exact) mass is 242 g/mol. The summed E-state index contributed by atoms with van der Waals surface area (Å²) in [5.41, 5.74) is 1.95. The highest BCUT2D eigenvalue weighted by atomic mass is 79.9. The molecule has 1 aliphatic rings. The van der Waals surface area contributed by atoms with Crippen molar-refractivity contribution in [3.05, 3.63) is 35.1 Å². The lowest BCUT2D eigenvalue weighted by molar-refractivity contribution is 0.617. The molecule has 1 unspecified atom stereocenters. The number of aryl methyl sites for hydroxylation is 1. The van der Waals surface area contributed by atoms with Crippen LogP contribution in [0.5, 0.6) is 0 Å². The van der Waals surface area contributed by atoms with Crippen molar-refractivity contribution >= 4 is 15.9 Å². The molecule has 0 spiro atoms. The van der Waals surface area contributed by atoms with Crippen LogP contribution in [0.25, 0.3) is 0 Å². The Morgan fingerprint density at radius 2 is 2.15 bits per heavy atom. The molecule has 1 aromatic carbocycles. The van der Waals surface area contributed by atoms with Crippen LogP contribution in [0, 0.1) is 18.7 Å². The number of hydrogen-bond acceptors (Lipinski definition) is 0. The minimum Gasteiger partial charge on any atom is -0.207 e. The minimum absolute atomic E-state index is 0.112.